The minimum absolute atomic E-state index is 0.0343. The Balaban J connectivity index is 1.01. The first-order valence-electron chi connectivity index (χ1n) is 20.6. The number of unbranched alkanes of at least 4 members (excludes halogenated alkanes) is 6. The lowest BCUT2D eigenvalue weighted by atomic mass is 9.47. The van der Waals surface area contributed by atoms with Gasteiger partial charge >= 0.3 is 5.97 Å². The summed E-state index contributed by atoms with van der Waals surface area (Å²) in [5.41, 5.74) is 2.50. The number of aryl methyl sites for hydroxylation is 2. The molecule has 5 rings (SSSR count). The average Bonchev–Trinajstić information content (AvgIpc) is 3.64. The fourth-order valence-electron chi connectivity index (χ4n) is 11.3. The molecule has 0 aliphatic heterocycles. The molecule has 266 valence electrons. The lowest BCUT2D eigenvalue weighted by Gasteiger charge is -2.58. The molecule has 0 saturated heterocycles. The van der Waals surface area contributed by atoms with E-state index in [4.69, 9.17) is 9.15 Å². The zero-order valence-corrected chi connectivity index (χ0v) is 31.6. The Morgan fingerprint density at radius 2 is 1.57 bits per heavy atom. The maximum absolute atomic E-state index is 12.8. The molecular weight excluding hydrogens is 576 g/mol. The van der Waals surface area contributed by atoms with Crippen LogP contribution in [0.15, 0.2) is 28.2 Å². The number of carbonyl (C=O) groups is 1. The molecule has 1 aromatic rings. The molecule has 0 amide bonds. The molecule has 0 N–H and O–H groups in total. The maximum atomic E-state index is 12.8. The Labute approximate surface area is 289 Å². The van der Waals surface area contributed by atoms with Crippen molar-refractivity contribution >= 4 is 5.97 Å². The molecule has 8 unspecified atom stereocenters. The summed E-state index contributed by atoms with van der Waals surface area (Å²) >= 11 is 0. The molecule has 0 radical (unpaired) electrons. The lowest BCUT2D eigenvalue weighted by Crippen LogP contribution is -2.51. The number of carbonyl (C=O) groups excluding carboxylic acids is 1. The minimum atomic E-state index is 0.0343. The Bertz CT molecular complexity index is 1140. The zero-order valence-electron chi connectivity index (χ0n) is 31.6. The number of rotatable bonds is 18. The minimum Gasteiger partial charge on any atom is -0.466 e. The van der Waals surface area contributed by atoms with E-state index in [1.165, 1.54) is 96.3 Å². The molecule has 3 nitrogen and oxygen atoms in total. The number of hydrogen-bond acceptors (Lipinski definition) is 3. The highest BCUT2D eigenvalue weighted by Crippen LogP contribution is 2.67. The van der Waals surface area contributed by atoms with Gasteiger partial charge in [-0.1, -0.05) is 105 Å². The second-order valence-electron chi connectivity index (χ2n) is 17.7. The molecule has 47 heavy (non-hydrogen) atoms. The van der Waals surface area contributed by atoms with Crippen molar-refractivity contribution in [3.05, 3.63) is 35.3 Å². The normalized spacial score (nSPS) is 32.4. The smallest absolute Gasteiger partial charge is 0.306 e. The van der Waals surface area contributed by atoms with Crippen LogP contribution in [0.2, 0.25) is 0 Å². The van der Waals surface area contributed by atoms with Gasteiger partial charge in [-0.15, -0.1) is 0 Å². The van der Waals surface area contributed by atoms with Crippen LogP contribution in [-0.4, -0.2) is 12.1 Å². The van der Waals surface area contributed by atoms with Gasteiger partial charge in [-0.25, -0.2) is 0 Å². The van der Waals surface area contributed by atoms with Crippen LogP contribution >= 0.6 is 0 Å². The summed E-state index contributed by atoms with van der Waals surface area (Å²) in [5.74, 6) is 7.54. The van der Waals surface area contributed by atoms with Crippen LogP contribution in [0.4, 0.5) is 0 Å². The van der Waals surface area contributed by atoms with Gasteiger partial charge < -0.3 is 9.15 Å². The Morgan fingerprint density at radius 3 is 2.32 bits per heavy atom. The summed E-state index contributed by atoms with van der Waals surface area (Å²) in [4.78, 5) is 12.8. The fourth-order valence-corrected chi connectivity index (χ4v) is 11.3. The second kappa shape index (κ2) is 16.9. The highest BCUT2D eigenvalue weighted by molar-refractivity contribution is 5.69. The summed E-state index contributed by atoms with van der Waals surface area (Å²) in [6.45, 7) is 14.9. The second-order valence-corrected chi connectivity index (χ2v) is 17.7. The third kappa shape index (κ3) is 9.00. The van der Waals surface area contributed by atoms with E-state index in [1.54, 1.807) is 5.57 Å². The molecule has 4 aliphatic rings. The van der Waals surface area contributed by atoms with Crippen molar-refractivity contribution < 1.29 is 13.9 Å². The maximum Gasteiger partial charge on any atom is 0.306 e. The molecule has 3 saturated carbocycles. The first-order chi connectivity index (χ1) is 22.6. The molecule has 0 spiro atoms. The van der Waals surface area contributed by atoms with Gasteiger partial charge in [0.15, 0.2) is 0 Å². The molecule has 8 atom stereocenters. The van der Waals surface area contributed by atoms with Gasteiger partial charge in [0.1, 0.15) is 17.6 Å². The Morgan fingerprint density at radius 1 is 0.851 bits per heavy atom. The average molecular weight is 649 g/mol. The van der Waals surface area contributed by atoms with Crippen molar-refractivity contribution in [2.75, 3.05) is 0 Å². The molecule has 0 bridgehead atoms. The van der Waals surface area contributed by atoms with E-state index < -0.39 is 0 Å². The molecule has 1 aromatic heterocycles. The highest BCUT2D eigenvalue weighted by Gasteiger charge is 2.59. The molecule has 3 heteroatoms. The number of esters is 1. The SMILES string of the molecule is CCCCCc1ccc(CCCCCCCC(=O)OC2CCC3(C)C(=CCC4C3CCC3(C)C(C(C)CCCC(C)C)CCC43)C2)o1. The number of fused-ring (bicyclic) bond motifs is 5. The molecular formula is C44H72O3. The largest absolute Gasteiger partial charge is 0.466 e. The summed E-state index contributed by atoms with van der Waals surface area (Å²) in [6.07, 6.45) is 29.3. The zero-order chi connectivity index (χ0) is 33.4. The Hall–Kier alpha value is -1.51. The van der Waals surface area contributed by atoms with Crippen LogP contribution in [0.25, 0.3) is 0 Å². The van der Waals surface area contributed by atoms with E-state index in [-0.39, 0.29) is 12.1 Å². The van der Waals surface area contributed by atoms with Crippen molar-refractivity contribution in [1.29, 1.82) is 0 Å². The van der Waals surface area contributed by atoms with E-state index in [0.29, 0.717) is 17.3 Å². The Kier molecular flexibility index (Phi) is 13.2. The summed E-state index contributed by atoms with van der Waals surface area (Å²) in [5, 5.41) is 0. The molecule has 1 heterocycles. The number of allylic oxidation sites excluding steroid dienone is 1. The quantitative estimate of drug-likeness (QED) is 0.0903. The van der Waals surface area contributed by atoms with Gasteiger partial charge in [-0.3, -0.25) is 4.79 Å². The van der Waals surface area contributed by atoms with Crippen molar-refractivity contribution in [1.82, 2.24) is 0 Å². The molecule has 3 fully saturated rings. The van der Waals surface area contributed by atoms with Crippen molar-refractivity contribution in [2.45, 2.75) is 189 Å². The van der Waals surface area contributed by atoms with Crippen LogP contribution in [-0.2, 0) is 22.4 Å². The predicted molar refractivity (Wildman–Crippen MR) is 196 cm³/mol. The van der Waals surface area contributed by atoms with Crippen LogP contribution < -0.4 is 0 Å². The highest BCUT2D eigenvalue weighted by atomic mass is 16.5. The summed E-state index contributed by atoms with van der Waals surface area (Å²) < 4.78 is 12.1. The lowest BCUT2D eigenvalue weighted by molar-refractivity contribution is -0.151. The summed E-state index contributed by atoms with van der Waals surface area (Å²) in [6, 6.07) is 4.33. The van der Waals surface area contributed by atoms with Crippen molar-refractivity contribution in [3.63, 3.8) is 0 Å². The number of furan rings is 1. The van der Waals surface area contributed by atoms with Crippen molar-refractivity contribution in [2.24, 2.45) is 46.3 Å². The monoisotopic (exact) mass is 649 g/mol. The van der Waals surface area contributed by atoms with Gasteiger partial charge in [-0.05, 0) is 123 Å². The van der Waals surface area contributed by atoms with Crippen LogP contribution in [0.5, 0.6) is 0 Å². The topological polar surface area (TPSA) is 39.4 Å². The van der Waals surface area contributed by atoms with Gasteiger partial charge in [0.05, 0.1) is 0 Å². The van der Waals surface area contributed by atoms with E-state index >= 15 is 0 Å². The number of hydrogen-bond donors (Lipinski definition) is 0. The van der Waals surface area contributed by atoms with Crippen molar-refractivity contribution in [3.8, 4) is 0 Å². The third-order valence-corrected chi connectivity index (χ3v) is 14.1. The van der Waals surface area contributed by atoms with Gasteiger partial charge in [0, 0.05) is 25.7 Å². The van der Waals surface area contributed by atoms with Gasteiger partial charge in [-0.2, -0.15) is 0 Å². The van der Waals surface area contributed by atoms with E-state index in [9.17, 15) is 4.79 Å². The van der Waals surface area contributed by atoms with E-state index in [0.717, 1.165) is 85.6 Å². The first kappa shape index (κ1) is 36.8. The molecule has 4 aliphatic carbocycles. The third-order valence-electron chi connectivity index (χ3n) is 14.1. The van der Waals surface area contributed by atoms with Gasteiger partial charge in [0.25, 0.3) is 0 Å². The predicted octanol–water partition coefficient (Wildman–Crippen LogP) is 12.8. The van der Waals surface area contributed by atoms with E-state index in [2.05, 4.69) is 59.8 Å². The van der Waals surface area contributed by atoms with Crippen LogP contribution in [0.1, 0.15) is 181 Å². The van der Waals surface area contributed by atoms with E-state index in [1.807, 2.05) is 0 Å². The standard InChI is InChI=1S/C44H72O3/c1-7-8-12-18-35-22-23-36(46-35)19-13-10-9-11-14-20-42(45)47-37-27-29-43(5)34(31-37)21-24-38-40-26-25-39(33(4)17-15-16-32(2)3)44(40,6)30-28-41(38)43/h21-23,32-33,37-41H,7-20,24-31H2,1-6H3. The molecule has 0 aromatic carbocycles. The van der Waals surface area contributed by atoms with Crippen LogP contribution in [0, 0.1) is 46.3 Å². The summed E-state index contributed by atoms with van der Waals surface area (Å²) in [7, 11) is 0. The fraction of sp³-hybridized carbons (Fsp3) is 0.841. The van der Waals surface area contributed by atoms with Crippen LogP contribution in [0.3, 0.4) is 0 Å². The van der Waals surface area contributed by atoms with Gasteiger partial charge in [0.2, 0.25) is 0 Å². The first-order valence-corrected chi connectivity index (χ1v) is 20.6. The number of ether oxygens (including phenoxy) is 1.